The van der Waals surface area contributed by atoms with Crippen LogP contribution >= 0.6 is 0 Å². The lowest BCUT2D eigenvalue weighted by atomic mass is 10.2. The van der Waals surface area contributed by atoms with Gasteiger partial charge in [-0.1, -0.05) is 12.8 Å². The average molecular weight is 423 g/mol. The fourth-order valence-corrected chi connectivity index (χ4v) is 4.38. The van der Waals surface area contributed by atoms with Gasteiger partial charge in [-0.25, -0.2) is 4.98 Å². The van der Waals surface area contributed by atoms with E-state index in [1.54, 1.807) is 0 Å². The summed E-state index contributed by atoms with van der Waals surface area (Å²) in [4.78, 5) is 9.13. The van der Waals surface area contributed by atoms with E-state index < -0.39 is 0 Å². The highest BCUT2D eigenvalue weighted by Gasteiger charge is 2.16. The fraction of sp³-hybridized carbons (Fsp3) is 0.619. The third-order valence-corrected chi connectivity index (χ3v) is 6.16. The summed E-state index contributed by atoms with van der Waals surface area (Å²) in [6.07, 6.45) is 11.1. The standard InChI is InChI=1S/C21H30N10/c1-15-12-23-21(24-14-19-29-27-17-9-5-3-7-11-31(17)19)25-20(15)22-13-18-28-26-16-8-4-2-6-10-30(16)18/h12H,2-11,13-14H2,1H3,(H2,22,23,24,25). The van der Waals surface area contributed by atoms with Crippen LogP contribution in [-0.2, 0) is 39.0 Å². The first kappa shape index (κ1) is 19.9. The highest BCUT2D eigenvalue weighted by atomic mass is 15.3. The van der Waals surface area contributed by atoms with Crippen molar-refractivity contribution in [3.05, 3.63) is 35.1 Å². The van der Waals surface area contributed by atoms with Crippen molar-refractivity contribution in [3.8, 4) is 0 Å². The minimum atomic E-state index is 0.563. The summed E-state index contributed by atoms with van der Waals surface area (Å²) in [7, 11) is 0. The van der Waals surface area contributed by atoms with Crippen LogP contribution in [0.25, 0.3) is 0 Å². The molecule has 0 saturated carbocycles. The van der Waals surface area contributed by atoms with Crippen molar-refractivity contribution in [2.24, 2.45) is 0 Å². The molecule has 2 aliphatic rings. The minimum absolute atomic E-state index is 0.563. The molecule has 0 saturated heterocycles. The number of nitrogens with zero attached hydrogens (tertiary/aromatic N) is 8. The summed E-state index contributed by atoms with van der Waals surface area (Å²) >= 11 is 0. The third kappa shape index (κ3) is 4.38. The van der Waals surface area contributed by atoms with Crippen molar-refractivity contribution < 1.29 is 0 Å². The van der Waals surface area contributed by atoms with Gasteiger partial charge in [0, 0.05) is 37.7 Å². The van der Waals surface area contributed by atoms with E-state index in [0.717, 1.165) is 60.6 Å². The monoisotopic (exact) mass is 422 g/mol. The fourth-order valence-electron chi connectivity index (χ4n) is 4.38. The van der Waals surface area contributed by atoms with Gasteiger partial charge in [-0.15, -0.1) is 20.4 Å². The molecule has 0 spiro atoms. The predicted octanol–water partition coefficient (Wildman–Crippen LogP) is 2.65. The van der Waals surface area contributed by atoms with Crippen LogP contribution in [0, 0.1) is 6.92 Å². The summed E-state index contributed by atoms with van der Waals surface area (Å²) in [5.41, 5.74) is 0.998. The van der Waals surface area contributed by atoms with Crippen LogP contribution in [0.3, 0.4) is 0 Å². The molecule has 2 N–H and O–H groups in total. The van der Waals surface area contributed by atoms with Crippen LogP contribution in [0.4, 0.5) is 11.8 Å². The Labute approximate surface area is 181 Å². The highest BCUT2D eigenvalue weighted by Crippen LogP contribution is 2.18. The number of fused-ring (bicyclic) bond motifs is 2. The molecule has 3 aromatic rings. The molecule has 31 heavy (non-hydrogen) atoms. The molecule has 2 aliphatic heterocycles. The van der Waals surface area contributed by atoms with E-state index in [4.69, 9.17) is 0 Å². The van der Waals surface area contributed by atoms with Gasteiger partial charge in [0.05, 0.1) is 13.1 Å². The van der Waals surface area contributed by atoms with Crippen LogP contribution in [0.15, 0.2) is 6.20 Å². The zero-order chi connectivity index (χ0) is 21.0. The normalized spacial score (nSPS) is 16.2. The van der Waals surface area contributed by atoms with Crippen molar-refractivity contribution in [3.63, 3.8) is 0 Å². The number of hydrogen-bond donors (Lipinski definition) is 2. The predicted molar refractivity (Wildman–Crippen MR) is 117 cm³/mol. The molecule has 0 fully saturated rings. The Morgan fingerprint density at radius 3 is 2.03 bits per heavy atom. The van der Waals surface area contributed by atoms with Crippen molar-refractivity contribution >= 4 is 11.8 Å². The number of aryl methyl sites for hydroxylation is 3. The van der Waals surface area contributed by atoms with Crippen molar-refractivity contribution in [2.75, 3.05) is 10.6 Å². The molecule has 0 amide bonds. The lowest BCUT2D eigenvalue weighted by Gasteiger charge is -2.12. The maximum absolute atomic E-state index is 4.68. The summed E-state index contributed by atoms with van der Waals surface area (Å²) in [6, 6.07) is 0. The Balaban J connectivity index is 1.25. The Kier molecular flexibility index (Phi) is 5.77. The second kappa shape index (κ2) is 8.99. The summed E-state index contributed by atoms with van der Waals surface area (Å²) < 4.78 is 4.50. The van der Waals surface area contributed by atoms with Gasteiger partial charge in [-0.3, -0.25) is 0 Å². The molecule has 164 valence electrons. The number of aromatic nitrogens is 8. The van der Waals surface area contributed by atoms with E-state index in [1.165, 1.54) is 38.5 Å². The van der Waals surface area contributed by atoms with Crippen LogP contribution in [0.1, 0.15) is 67.4 Å². The van der Waals surface area contributed by atoms with Crippen molar-refractivity contribution in [2.45, 2.75) is 84.5 Å². The number of rotatable bonds is 6. The zero-order valence-corrected chi connectivity index (χ0v) is 18.1. The van der Waals surface area contributed by atoms with Gasteiger partial charge >= 0.3 is 0 Å². The van der Waals surface area contributed by atoms with E-state index in [-0.39, 0.29) is 0 Å². The first-order chi connectivity index (χ1) is 15.3. The largest absolute Gasteiger partial charge is 0.362 e. The molecule has 0 bridgehead atoms. The maximum Gasteiger partial charge on any atom is 0.224 e. The zero-order valence-electron chi connectivity index (χ0n) is 18.1. The second-order valence-corrected chi connectivity index (χ2v) is 8.42. The SMILES string of the molecule is Cc1cnc(NCc2nnc3n2CCCCC3)nc1NCc1nnc2n1CCCCC2. The van der Waals surface area contributed by atoms with Crippen LogP contribution in [-0.4, -0.2) is 39.5 Å². The van der Waals surface area contributed by atoms with Gasteiger partial charge in [-0.2, -0.15) is 4.98 Å². The van der Waals surface area contributed by atoms with Crippen LogP contribution in [0.2, 0.25) is 0 Å². The van der Waals surface area contributed by atoms with Gasteiger partial charge in [0.15, 0.2) is 11.6 Å². The molecule has 0 aliphatic carbocycles. The molecule has 0 radical (unpaired) electrons. The highest BCUT2D eigenvalue weighted by molar-refractivity contribution is 5.46. The first-order valence-corrected chi connectivity index (χ1v) is 11.4. The number of anilines is 2. The van der Waals surface area contributed by atoms with Gasteiger partial charge < -0.3 is 19.8 Å². The Morgan fingerprint density at radius 2 is 1.39 bits per heavy atom. The number of nitrogens with one attached hydrogen (secondary N) is 2. The quantitative estimate of drug-likeness (QED) is 0.624. The van der Waals surface area contributed by atoms with Crippen molar-refractivity contribution in [1.29, 1.82) is 0 Å². The van der Waals surface area contributed by atoms with Gasteiger partial charge in [0.2, 0.25) is 5.95 Å². The van der Waals surface area contributed by atoms with E-state index in [1.807, 2.05) is 13.1 Å². The second-order valence-electron chi connectivity index (χ2n) is 8.42. The van der Waals surface area contributed by atoms with Crippen molar-refractivity contribution in [1.82, 2.24) is 39.5 Å². The topological polar surface area (TPSA) is 111 Å². The molecule has 10 heteroatoms. The van der Waals surface area contributed by atoms with E-state index in [0.29, 0.717) is 19.0 Å². The summed E-state index contributed by atoms with van der Waals surface area (Å²) in [6.45, 7) is 5.16. The van der Waals surface area contributed by atoms with Gasteiger partial charge in [-0.05, 0) is 32.6 Å². The van der Waals surface area contributed by atoms with E-state index >= 15 is 0 Å². The van der Waals surface area contributed by atoms with Crippen LogP contribution in [0.5, 0.6) is 0 Å². The third-order valence-electron chi connectivity index (χ3n) is 6.16. The molecular weight excluding hydrogens is 392 g/mol. The lowest BCUT2D eigenvalue weighted by Crippen LogP contribution is -2.14. The number of hydrogen-bond acceptors (Lipinski definition) is 8. The minimum Gasteiger partial charge on any atom is -0.362 e. The lowest BCUT2D eigenvalue weighted by molar-refractivity contribution is 0.609. The molecule has 0 atom stereocenters. The molecular formula is C21H30N10. The molecule has 5 rings (SSSR count). The van der Waals surface area contributed by atoms with Crippen LogP contribution < -0.4 is 10.6 Å². The Hall–Kier alpha value is -3.04. The molecule has 0 aromatic carbocycles. The smallest absolute Gasteiger partial charge is 0.224 e. The maximum atomic E-state index is 4.68. The summed E-state index contributed by atoms with van der Waals surface area (Å²) in [5.74, 6) is 5.50. The Bertz CT molecular complexity index is 1040. The van der Waals surface area contributed by atoms with Gasteiger partial charge in [0.25, 0.3) is 0 Å². The molecule has 5 heterocycles. The summed E-state index contributed by atoms with van der Waals surface area (Å²) in [5, 5.41) is 24.3. The molecule has 3 aromatic heterocycles. The molecule has 10 nitrogen and oxygen atoms in total. The van der Waals surface area contributed by atoms with Gasteiger partial charge in [0.1, 0.15) is 17.5 Å². The first-order valence-electron chi connectivity index (χ1n) is 11.4. The van der Waals surface area contributed by atoms with E-state index in [2.05, 4.69) is 50.1 Å². The average Bonchev–Trinajstić information content (AvgIpc) is 3.15. The van der Waals surface area contributed by atoms with E-state index in [9.17, 15) is 0 Å². The Morgan fingerprint density at radius 1 is 0.774 bits per heavy atom. The molecule has 0 unspecified atom stereocenters.